The first-order valence-electron chi connectivity index (χ1n) is 5.99. The van der Waals surface area contributed by atoms with Crippen molar-refractivity contribution < 1.29 is 18.7 Å². The first kappa shape index (κ1) is 12.3. The van der Waals surface area contributed by atoms with Crippen molar-refractivity contribution in [3.63, 3.8) is 0 Å². The predicted octanol–water partition coefficient (Wildman–Crippen LogP) is 2.76. The standard InChI is InChI=1S/C14H12N2O4/c1-16(7-9-4-5-19-8-9)14-15-11-3-2-10(13(17)18)6-12(11)20-14/h2-6,8H,7H2,1H3,(H,17,18). The van der Waals surface area contributed by atoms with Gasteiger partial charge in [-0.1, -0.05) is 0 Å². The van der Waals surface area contributed by atoms with Crippen LogP contribution in [-0.2, 0) is 6.54 Å². The molecule has 0 aliphatic heterocycles. The van der Waals surface area contributed by atoms with Gasteiger partial charge in [0.1, 0.15) is 5.52 Å². The van der Waals surface area contributed by atoms with Gasteiger partial charge in [0, 0.05) is 12.6 Å². The second-order valence-corrected chi connectivity index (χ2v) is 4.47. The van der Waals surface area contributed by atoms with E-state index in [1.807, 2.05) is 18.0 Å². The van der Waals surface area contributed by atoms with E-state index in [1.165, 1.54) is 12.1 Å². The van der Waals surface area contributed by atoms with Gasteiger partial charge in [0.15, 0.2) is 5.58 Å². The van der Waals surface area contributed by atoms with Crippen molar-refractivity contribution >= 4 is 23.1 Å². The predicted molar refractivity (Wildman–Crippen MR) is 71.8 cm³/mol. The third-order valence-corrected chi connectivity index (χ3v) is 2.95. The van der Waals surface area contributed by atoms with E-state index in [9.17, 15) is 4.79 Å². The molecule has 2 heterocycles. The number of hydrogen-bond donors (Lipinski definition) is 1. The van der Waals surface area contributed by atoms with Gasteiger partial charge in [0.05, 0.1) is 24.6 Å². The molecule has 20 heavy (non-hydrogen) atoms. The number of carboxylic acid groups (broad SMARTS) is 1. The minimum atomic E-state index is -0.989. The molecule has 0 unspecified atom stereocenters. The average molecular weight is 272 g/mol. The van der Waals surface area contributed by atoms with Gasteiger partial charge in [-0.3, -0.25) is 0 Å². The molecule has 6 heteroatoms. The molecule has 6 nitrogen and oxygen atoms in total. The molecule has 0 radical (unpaired) electrons. The van der Waals surface area contributed by atoms with Crippen LogP contribution in [0.2, 0.25) is 0 Å². The second-order valence-electron chi connectivity index (χ2n) is 4.47. The Hall–Kier alpha value is -2.76. The third-order valence-electron chi connectivity index (χ3n) is 2.95. The van der Waals surface area contributed by atoms with E-state index in [-0.39, 0.29) is 5.56 Å². The minimum absolute atomic E-state index is 0.178. The van der Waals surface area contributed by atoms with Gasteiger partial charge in [-0.05, 0) is 24.3 Å². The number of anilines is 1. The van der Waals surface area contributed by atoms with Crippen LogP contribution in [0.25, 0.3) is 11.1 Å². The van der Waals surface area contributed by atoms with Crippen LogP contribution in [0.3, 0.4) is 0 Å². The maximum atomic E-state index is 10.9. The smallest absolute Gasteiger partial charge is 0.335 e. The first-order valence-corrected chi connectivity index (χ1v) is 5.99. The topological polar surface area (TPSA) is 79.7 Å². The van der Waals surface area contributed by atoms with Gasteiger partial charge < -0.3 is 18.8 Å². The average Bonchev–Trinajstić information content (AvgIpc) is 3.05. The van der Waals surface area contributed by atoms with E-state index >= 15 is 0 Å². The zero-order valence-corrected chi connectivity index (χ0v) is 10.7. The highest BCUT2D eigenvalue weighted by Crippen LogP contribution is 2.23. The largest absolute Gasteiger partial charge is 0.478 e. The molecule has 0 spiro atoms. The normalized spacial score (nSPS) is 10.8. The first-order chi connectivity index (χ1) is 9.63. The fraction of sp³-hybridized carbons (Fsp3) is 0.143. The molecule has 0 amide bonds. The summed E-state index contributed by atoms with van der Waals surface area (Å²) in [5, 5.41) is 8.95. The van der Waals surface area contributed by atoms with E-state index in [2.05, 4.69) is 4.98 Å². The summed E-state index contributed by atoms with van der Waals surface area (Å²) < 4.78 is 10.6. The van der Waals surface area contributed by atoms with Gasteiger partial charge in [-0.2, -0.15) is 4.98 Å². The highest BCUT2D eigenvalue weighted by Gasteiger charge is 2.13. The zero-order valence-electron chi connectivity index (χ0n) is 10.7. The van der Waals surface area contributed by atoms with Crippen molar-refractivity contribution in [1.29, 1.82) is 0 Å². The fourth-order valence-electron chi connectivity index (χ4n) is 1.93. The molecule has 0 bridgehead atoms. The lowest BCUT2D eigenvalue weighted by Gasteiger charge is -2.12. The lowest BCUT2D eigenvalue weighted by atomic mass is 10.2. The molecule has 3 rings (SSSR count). The van der Waals surface area contributed by atoms with Gasteiger partial charge in [-0.25, -0.2) is 4.79 Å². The summed E-state index contributed by atoms with van der Waals surface area (Å²) in [6.45, 7) is 0.592. The second kappa shape index (κ2) is 4.73. The number of carbonyl (C=O) groups is 1. The van der Waals surface area contributed by atoms with Gasteiger partial charge in [0.25, 0.3) is 6.01 Å². The summed E-state index contributed by atoms with van der Waals surface area (Å²) in [5.74, 6) is -0.989. The number of rotatable bonds is 4. The van der Waals surface area contributed by atoms with Crippen LogP contribution in [0.4, 0.5) is 6.01 Å². The molecule has 1 aromatic carbocycles. The van der Waals surface area contributed by atoms with Crippen LogP contribution in [-0.4, -0.2) is 23.1 Å². The molecule has 3 aromatic rings. The van der Waals surface area contributed by atoms with E-state index < -0.39 is 5.97 Å². The lowest BCUT2D eigenvalue weighted by Crippen LogP contribution is -2.15. The van der Waals surface area contributed by atoms with Crippen molar-refractivity contribution in [3.8, 4) is 0 Å². The SMILES string of the molecule is CN(Cc1ccoc1)c1nc2ccc(C(=O)O)cc2o1. The summed E-state index contributed by atoms with van der Waals surface area (Å²) in [7, 11) is 1.84. The molecular weight excluding hydrogens is 260 g/mol. The number of nitrogens with zero attached hydrogens (tertiary/aromatic N) is 2. The molecule has 1 N–H and O–H groups in total. The van der Waals surface area contributed by atoms with E-state index in [4.69, 9.17) is 13.9 Å². The van der Waals surface area contributed by atoms with Gasteiger partial charge in [0.2, 0.25) is 0 Å². The molecule has 0 fully saturated rings. The molecule has 0 atom stereocenters. The monoisotopic (exact) mass is 272 g/mol. The maximum Gasteiger partial charge on any atom is 0.335 e. The maximum absolute atomic E-state index is 10.9. The highest BCUT2D eigenvalue weighted by molar-refractivity contribution is 5.92. The Labute approximate surface area is 114 Å². The van der Waals surface area contributed by atoms with Crippen LogP contribution >= 0.6 is 0 Å². The van der Waals surface area contributed by atoms with Crippen molar-refractivity contribution in [3.05, 3.63) is 47.9 Å². The molecule has 102 valence electrons. The number of benzene rings is 1. The number of carboxylic acids is 1. The Morgan fingerprint density at radius 3 is 2.95 bits per heavy atom. The van der Waals surface area contributed by atoms with E-state index in [0.29, 0.717) is 23.7 Å². The number of aromatic nitrogens is 1. The molecule has 0 saturated heterocycles. The number of fused-ring (bicyclic) bond motifs is 1. The fourth-order valence-corrected chi connectivity index (χ4v) is 1.93. The Morgan fingerprint density at radius 1 is 1.40 bits per heavy atom. The van der Waals surface area contributed by atoms with Crippen molar-refractivity contribution in [2.24, 2.45) is 0 Å². The van der Waals surface area contributed by atoms with Crippen LogP contribution in [0.5, 0.6) is 0 Å². The van der Waals surface area contributed by atoms with Crippen LogP contribution in [0, 0.1) is 0 Å². The Bertz CT molecular complexity index is 746. The lowest BCUT2D eigenvalue weighted by molar-refractivity contribution is 0.0697. The molecular formula is C14H12N2O4. The molecule has 0 aliphatic carbocycles. The van der Waals surface area contributed by atoms with Gasteiger partial charge >= 0.3 is 5.97 Å². The molecule has 2 aromatic heterocycles. The zero-order chi connectivity index (χ0) is 14.1. The Balaban J connectivity index is 1.90. The van der Waals surface area contributed by atoms with E-state index in [0.717, 1.165) is 5.56 Å². The summed E-state index contributed by atoms with van der Waals surface area (Å²) >= 11 is 0. The van der Waals surface area contributed by atoms with Gasteiger partial charge in [-0.15, -0.1) is 0 Å². The number of furan rings is 1. The summed E-state index contributed by atoms with van der Waals surface area (Å²) in [5.41, 5.74) is 2.27. The highest BCUT2D eigenvalue weighted by atomic mass is 16.4. The van der Waals surface area contributed by atoms with Crippen molar-refractivity contribution in [2.45, 2.75) is 6.54 Å². The van der Waals surface area contributed by atoms with Crippen LogP contribution < -0.4 is 4.90 Å². The number of hydrogen-bond acceptors (Lipinski definition) is 5. The van der Waals surface area contributed by atoms with Crippen molar-refractivity contribution in [2.75, 3.05) is 11.9 Å². The third kappa shape index (κ3) is 2.23. The van der Waals surface area contributed by atoms with Crippen LogP contribution in [0.1, 0.15) is 15.9 Å². The van der Waals surface area contributed by atoms with Crippen LogP contribution in [0.15, 0.2) is 45.6 Å². The minimum Gasteiger partial charge on any atom is -0.478 e. The Morgan fingerprint density at radius 2 is 2.25 bits per heavy atom. The molecule has 0 aliphatic rings. The summed E-state index contributed by atoms with van der Waals surface area (Å²) in [4.78, 5) is 17.1. The van der Waals surface area contributed by atoms with E-state index in [1.54, 1.807) is 18.6 Å². The number of aromatic carboxylic acids is 1. The summed E-state index contributed by atoms with van der Waals surface area (Å²) in [6.07, 6.45) is 3.26. The quantitative estimate of drug-likeness (QED) is 0.786. The van der Waals surface area contributed by atoms with Crippen molar-refractivity contribution in [1.82, 2.24) is 4.98 Å². The summed E-state index contributed by atoms with van der Waals surface area (Å²) in [6, 6.07) is 6.91. The molecule has 0 saturated carbocycles. The number of oxazole rings is 1. The Kier molecular flexibility index (Phi) is 2.90.